The summed E-state index contributed by atoms with van der Waals surface area (Å²) in [6, 6.07) is 13.4. The van der Waals surface area contributed by atoms with E-state index in [4.69, 9.17) is 0 Å². The summed E-state index contributed by atoms with van der Waals surface area (Å²) in [7, 11) is 0. The third-order valence-electron chi connectivity index (χ3n) is 4.89. The molecule has 1 nitrogen and oxygen atoms in total. The van der Waals surface area contributed by atoms with Crippen molar-refractivity contribution in [3.8, 4) is 39.0 Å². The number of aromatic amines is 1. The van der Waals surface area contributed by atoms with Crippen LogP contribution in [0.15, 0.2) is 47.2 Å². The molecule has 0 saturated heterocycles. The first-order valence-electron chi connectivity index (χ1n) is 9.08. The lowest BCUT2D eigenvalue weighted by Gasteiger charge is -1.98. The quantitative estimate of drug-likeness (QED) is 0.256. The zero-order valence-corrected chi connectivity index (χ0v) is 20.5. The van der Waals surface area contributed by atoms with Crippen molar-refractivity contribution >= 4 is 78.4 Å². The minimum absolute atomic E-state index is 1.32. The zero-order valence-electron chi connectivity index (χ0n) is 15.6. The maximum Gasteiger partial charge on any atom is 0.0885 e. The summed E-state index contributed by atoms with van der Waals surface area (Å²) in [5.41, 5.74) is 4.06. The minimum atomic E-state index is 1.32. The van der Waals surface area contributed by atoms with Gasteiger partial charge in [0.2, 0.25) is 0 Å². The Morgan fingerprint density at radius 2 is 1.24 bits per heavy atom. The van der Waals surface area contributed by atoms with E-state index in [2.05, 4.69) is 65.4 Å². The monoisotopic (exact) mass is 485 g/mol. The van der Waals surface area contributed by atoms with Gasteiger partial charge in [-0.15, -0.1) is 56.7 Å². The highest BCUT2D eigenvalue weighted by atomic mass is 32.1. The largest absolute Gasteiger partial charge is 0.308 e. The van der Waals surface area contributed by atoms with Crippen LogP contribution >= 0.6 is 68.2 Å². The fraction of sp³-hybridized carbons (Fsp3) is 0.0909. The SMILES string of the molecule is Cc1cc(-c2sc(-c3cc(C)c(-c4cccs4)s3)c3s[nH]c23)sc1-c1cccs1. The molecule has 0 bridgehead atoms. The second-order valence-corrected chi connectivity index (χ2v) is 12.7. The van der Waals surface area contributed by atoms with Crippen LogP contribution in [0, 0.1) is 13.8 Å². The van der Waals surface area contributed by atoms with E-state index in [9.17, 15) is 0 Å². The van der Waals surface area contributed by atoms with Crippen molar-refractivity contribution in [3.05, 3.63) is 58.3 Å². The molecule has 0 radical (unpaired) electrons. The van der Waals surface area contributed by atoms with E-state index in [0.717, 1.165) is 0 Å². The number of nitrogens with one attached hydrogen (secondary N) is 1. The van der Waals surface area contributed by atoms with Gasteiger partial charge in [0.1, 0.15) is 0 Å². The van der Waals surface area contributed by atoms with Gasteiger partial charge >= 0.3 is 0 Å². The van der Waals surface area contributed by atoms with Crippen molar-refractivity contribution in [1.82, 2.24) is 4.37 Å². The highest BCUT2D eigenvalue weighted by molar-refractivity contribution is 7.33. The highest BCUT2D eigenvalue weighted by Crippen LogP contribution is 2.52. The van der Waals surface area contributed by atoms with Gasteiger partial charge in [-0.2, -0.15) is 0 Å². The summed E-state index contributed by atoms with van der Waals surface area (Å²) in [5.74, 6) is 0. The maximum atomic E-state index is 3.50. The summed E-state index contributed by atoms with van der Waals surface area (Å²) in [5, 5.41) is 4.32. The number of fused-ring (bicyclic) bond motifs is 1. The zero-order chi connectivity index (χ0) is 19.5. The van der Waals surface area contributed by atoms with E-state index in [1.807, 2.05) is 56.7 Å². The maximum absolute atomic E-state index is 3.50. The van der Waals surface area contributed by atoms with Gasteiger partial charge in [0.05, 0.1) is 20.0 Å². The smallest absolute Gasteiger partial charge is 0.0885 e. The number of hydrogen-bond acceptors (Lipinski definition) is 6. The van der Waals surface area contributed by atoms with E-state index in [0.29, 0.717) is 0 Å². The second kappa shape index (κ2) is 7.04. The van der Waals surface area contributed by atoms with Gasteiger partial charge in [-0.1, -0.05) is 23.7 Å². The van der Waals surface area contributed by atoms with Gasteiger partial charge < -0.3 is 4.37 Å². The number of rotatable bonds is 4. The Labute approximate surface area is 192 Å². The lowest BCUT2D eigenvalue weighted by atomic mass is 10.2. The first kappa shape index (κ1) is 18.3. The van der Waals surface area contributed by atoms with Crippen molar-refractivity contribution in [2.45, 2.75) is 13.8 Å². The average molecular weight is 486 g/mol. The van der Waals surface area contributed by atoms with Crippen molar-refractivity contribution in [3.63, 3.8) is 0 Å². The van der Waals surface area contributed by atoms with E-state index < -0.39 is 0 Å². The average Bonchev–Trinajstić information content (AvgIpc) is 3.46. The van der Waals surface area contributed by atoms with Crippen LogP contribution in [-0.2, 0) is 0 Å². The molecule has 144 valence electrons. The molecule has 0 atom stereocenters. The fourth-order valence-electron chi connectivity index (χ4n) is 3.49. The molecule has 6 heterocycles. The molecule has 0 aromatic carbocycles. The number of H-pyrrole nitrogens is 1. The van der Waals surface area contributed by atoms with Gasteiger partial charge in [0, 0.05) is 29.3 Å². The Bertz CT molecular complexity index is 1300. The van der Waals surface area contributed by atoms with Crippen LogP contribution in [0.4, 0.5) is 0 Å². The first-order chi connectivity index (χ1) is 14.2. The number of aromatic nitrogens is 1. The van der Waals surface area contributed by atoms with Gasteiger partial charge in [0.15, 0.2) is 0 Å². The Kier molecular flexibility index (Phi) is 4.44. The lowest BCUT2D eigenvalue weighted by molar-refractivity contribution is 1.56. The summed E-state index contributed by atoms with van der Waals surface area (Å²) in [6.45, 7) is 4.46. The normalized spacial score (nSPS) is 11.8. The predicted molar refractivity (Wildman–Crippen MR) is 137 cm³/mol. The Hall–Kier alpha value is -1.48. The molecule has 0 spiro atoms. The molecule has 6 rings (SSSR count). The van der Waals surface area contributed by atoms with E-state index in [1.165, 1.54) is 60.4 Å². The van der Waals surface area contributed by atoms with Crippen LogP contribution in [0.25, 0.3) is 49.2 Å². The van der Waals surface area contributed by atoms with Gasteiger partial charge in [-0.05, 0) is 60.0 Å². The molecule has 0 aliphatic heterocycles. The third kappa shape index (κ3) is 2.95. The van der Waals surface area contributed by atoms with Crippen LogP contribution in [0.3, 0.4) is 0 Å². The van der Waals surface area contributed by atoms with Crippen molar-refractivity contribution < 1.29 is 0 Å². The molecule has 0 fully saturated rings. The summed E-state index contributed by atoms with van der Waals surface area (Å²) in [4.78, 5) is 11.1. The van der Waals surface area contributed by atoms with E-state index in [1.54, 1.807) is 11.5 Å². The first-order valence-corrected chi connectivity index (χ1v) is 14.1. The molecule has 7 heteroatoms. The Morgan fingerprint density at radius 1 is 0.655 bits per heavy atom. The topological polar surface area (TPSA) is 15.8 Å². The third-order valence-corrected chi connectivity index (χ3v) is 12.1. The van der Waals surface area contributed by atoms with Crippen LogP contribution in [0.2, 0.25) is 0 Å². The second-order valence-electron chi connectivity index (χ2n) is 6.87. The number of hydrogen-bond donors (Lipinski definition) is 1. The Balaban J connectivity index is 1.46. The number of thiophene rings is 5. The lowest BCUT2D eigenvalue weighted by Crippen LogP contribution is -1.74. The molecule has 0 aliphatic carbocycles. The minimum Gasteiger partial charge on any atom is -0.308 e. The standard InChI is InChI=1S/C22H15NS6/c1-11-9-15(26-18(11)13-5-3-7-24-13)20-17-22(29-23-17)21(28-20)16-10-12(2)19(27-16)14-6-4-8-25-14/h3-10,23H,1-2H3. The molecule has 29 heavy (non-hydrogen) atoms. The summed E-state index contributed by atoms with van der Waals surface area (Å²) >= 11 is 11.2. The van der Waals surface area contributed by atoms with Gasteiger partial charge in [-0.25, -0.2) is 0 Å². The van der Waals surface area contributed by atoms with Crippen molar-refractivity contribution in [2.24, 2.45) is 0 Å². The van der Waals surface area contributed by atoms with Crippen molar-refractivity contribution in [1.29, 1.82) is 0 Å². The van der Waals surface area contributed by atoms with Crippen LogP contribution in [-0.4, -0.2) is 4.37 Å². The van der Waals surface area contributed by atoms with E-state index >= 15 is 0 Å². The van der Waals surface area contributed by atoms with E-state index in [-0.39, 0.29) is 0 Å². The molecule has 1 N–H and O–H groups in total. The predicted octanol–water partition coefficient (Wildman–Crippen LogP) is 9.82. The number of aryl methyl sites for hydroxylation is 2. The molecular weight excluding hydrogens is 471 g/mol. The van der Waals surface area contributed by atoms with Crippen LogP contribution < -0.4 is 0 Å². The summed E-state index contributed by atoms with van der Waals surface area (Å²) < 4.78 is 4.91. The van der Waals surface area contributed by atoms with Crippen molar-refractivity contribution in [2.75, 3.05) is 0 Å². The molecule has 0 aliphatic rings. The van der Waals surface area contributed by atoms with Gasteiger partial charge in [0.25, 0.3) is 0 Å². The van der Waals surface area contributed by atoms with Crippen LogP contribution in [0.1, 0.15) is 11.1 Å². The molecule has 6 aromatic heterocycles. The Morgan fingerprint density at radius 3 is 1.72 bits per heavy atom. The van der Waals surface area contributed by atoms with Gasteiger partial charge in [-0.3, -0.25) is 0 Å². The van der Waals surface area contributed by atoms with Crippen LogP contribution in [0.5, 0.6) is 0 Å². The molecule has 0 saturated carbocycles. The molecular formula is C22H15NS6. The molecule has 0 amide bonds. The summed E-state index contributed by atoms with van der Waals surface area (Å²) in [6.07, 6.45) is 0. The molecule has 6 aromatic rings. The molecule has 0 unspecified atom stereocenters. The fourth-order valence-corrected chi connectivity index (χ4v) is 10.2. The highest BCUT2D eigenvalue weighted by Gasteiger charge is 2.22.